The molecule has 3 aromatic rings. The monoisotopic (exact) mass is 406 g/mol. The van der Waals surface area contributed by atoms with Crippen molar-refractivity contribution in [2.75, 3.05) is 18.4 Å². The summed E-state index contributed by atoms with van der Waals surface area (Å²) in [6.07, 6.45) is 3.55. The summed E-state index contributed by atoms with van der Waals surface area (Å²) in [5.74, 6) is -0.272. The maximum Gasteiger partial charge on any atom is 0.259 e. The number of aromatic nitrogens is 2. The standard InChI is InChI=1S/C23H23FN4O2/c1-16-6-5-13-27(15-16)23(30)20-14-25-28(19-7-3-2-4-8-19)21(20)26-22(29)17-9-11-18(24)12-10-17/h2-4,7-12,14,16H,5-6,13,15H2,1H3,(H,26,29)/t16-/m0/s1. The fourth-order valence-corrected chi connectivity index (χ4v) is 3.72. The zero-order valence-corrected chi connectivity index (χ0v) is 16.7. The van der Waals surface area contributed by atoms with Gasteiger partial charge in [-0.25, -0.2) is 9.07 Å². The second kappa shape index (κ2) is 8.49. The highest BCUT2D eigenvalue weighted by atomic mass is 19.1. The van der Waals surface area contributed by atoms with Crippen LogP contribution in [-0.2, 0) is 0 Å². The molecule has 1 aromatic heterocycles. The van der Waals surface area contributed by atoms with Gasteiger partial charge >= 0.3 is 0 Å². The molecule has 7 heteroatoms. The highest BCUT2D eigenvalue weighted by Crippen LogP contribution is 2.25. The average Bonchev–Trinajstić information content (AvgIpc) is 3.17. The third-order valence-electron chi connectivity index (χ3n) is 5.28. The maximum absolute atomic E-state index is 13.2. The van der Waals surface area contributed by atoms with E-state index >= 15 is 0 Å². The highest BCUT2D eigenvalue weighted by molar-refractivity contribution is 6.08. The molecule has 0 unspecified atom stereocenters. The number of nitrogens with zero attached hydrogens (tertiary/aromatic N) is 3. The molecule has 1 atom stereocenters. The minimum Gasteiger partial charge on any atom is -0.338 e. The van der Waals surface area contributed by atoms with E-state index in [9.17, 15) is 14.0 Å². The molecule has 30 heavy (non-hydrogen) atoms. The van der Waals surface area contributed by atoms with Crippen LogP contribution in [0.4, 0.5) is 10.2 Å². The van der Waals surface area contributed by atoms with Gasteiger partial charge < -0.3 is 10.2 Å². The first-order chi connectivity index (χ1) is 14.5. The predicted molar refractivity (Wildman–Crippen MR) is 112 cm³/mol. The van der Waals surface area contributed by atoms with Gasteiger partial charge in [0.2, 0.25) is 0 Å². The molecule has 6 nitrogen and oxygen atoms in total. The van der Waals surface area contributed by atoms with Gasteiger partial charge in [0.05, 0.1) is 11.9 Å². The smallest absolute Gasteiger partial charge is 0.259 e. The predicted octanol–water partition coefficient (Wildman–Crippen LogP) is 4.14. The van der Waals surface area contributed by atoms with Gasteiger partial charge in [-0.3, -0.25) is 9.59 Å². The number of hydrogen-bond acceptors (Lipinski definition) is 3. The van der Waals surface area contributed by atoms with E-state index in [1.165, 1.54) is 30.5 Å². The third-order valence-corrected chi connectivity index (χ3v) is 5.28. The molecule has 154 valence electrons. The third kappa shape index (κ3) is 4.10. The van der Waals surface area contributed by atoms with Crippen molar-refractivity contribution in [1.29, 1.82) is 0 Å². The van der Waals surface area contributed by atoms with Crippen molar-refractivity contribution in [3.63, 3.8) is 0 Å². The van der Waals surface area contributed by atoms with Crippen LogP contribution in [0.25, 0.3) is 5.69 Å². The summed E-state index contributed by atoms with van der Waals surface area (Å²) in [5, 5.41) is 7.19. The van der Waals surface area contributed by atoms with Crippen LogP contribution in [0.1, 0.15) is 40.5 Å². The Balaban J connectivity index is 1.70. The van der Waals surface area contributed by atoms with Gasteiger partial charge in [0.25, 0.3) is 11.8 Å². The molecule has 2 amide bonds. The van der Waals surface area contributed by atoms with Gasteiger partial charge in [-0.05, 0) is 55.2 Å². The molecule has 0 saturated carbocycles. The number of carbonyl (C=O) groups excluding carboxylic acids is 2. The number of amides is 2. The van der Waals surface area contributed by atoms with Gasteiger partial charge in [-0.1, -0.05) is 25.1 Å². The Hall–Kier alpha value is -3.48. The van der Waals surface area contributed by atoms with Crippen molar-refractivity contribution in [2.45, 2.75) is 19.8 Å². The van der Waals surface area contributed by atoms with Crippen LogP contribution in [0.3, 0.4) is 0 Å². The Morgan fingerprint density at radius 3 is 2.53 bits per heavy atom. The summed E-state index contributed by atoms with van der Waals surface area (Å²) in [4.78, 5) is 27.9. The van der Waals surface area contributed by atoms with E-state index in [0.717, 1.165) is 18.5 Å². The highest BCUT2D eigenvalue weighted by Gasteiger charge is 2.27. The van der Waals surface area contributed by atoms with Crippen LogP contribution in [0.5, 0.6) is 0 Å². The number of halogens is 1. The minimum absolute atomic E-state index is 0.155. The van der Waals surface area contributed by atoms with Crippen LogP contribution < -0.4 is 5.32 Å². The molecule has 1 N–H and O–H groups in total. The van der Waals surface area contributed by atoms with E-state index < -0.39 is 11.7 Å². The SMILES string of the molecule is C[C@H]1CCCN(C(=O)c2cnn(-c3ccccc3)c2NC(=O)c2ccc(F)cc2)C1. The number of benzene rings is 2. The van der Waals surface area contributed by atoms with Crippen molar-refractivity contribution in [1.82, 2.24) is 14.7 Å². The summed E-state index contributed by atoms with van der Waals surface area (Å²) in [6.45, 7) is 3.50. The Labute approximate surface area is 174 Å². The number of likely N-dealkylation sites (tertiary alicyclic amines) is 1. The lowest BCUT2D eigenvalue weighted by molar-refractivity contribution is 0.0684. The number of carbonyl (C=O) groups is 2. The second-order valence-electron chi connectivity index (χ2n) is 7.61. The lowest BCUT2D eigenvalue weighted by Crippen LogP contribution is -2.39. The molecule has 1 saturated heterocycles. The number of anilines is 1. The van der Waals surface area contributed by atoms with Gasteiger partial charge in [0, 0.05) is 18.7 Å². The van der Waals surface area contributed by atoms with Crippen molar-refractivity contribution in [3.05, 3.63) is 77.7 Å². The number of rotatable bonds is 4. The number of para-hydroxylation sites is 1. The van der Waals surface area contributed by atoms with E-state index in [1.807, 2.05) is 35.2 Å². The van der Waals surface area contributed by atoms with E-state index in [4.69, 9.17) is 0 Å². The molecular formula is C23H23FN4O2. The van der Waals surface area contributed by atoms with Crippen molar-refractivity contribution >= 4 is 17.6 Å². The maximum atomic E-state index is 13.2. The number of nitrogens with one attached hydrogen (secondary N) is 1. The Morgan fingerprint density at radius 2 is 1.83 bits per heavy atom. The molecule has 4 rings (SSSR count). The normalized spacial score (nSPS) is 16.3. The van der Waals surface area contributed by atoms with E-state index in [-0.39, 0.29) is 5.91 Å². The van der Waals surface area contributed by atoms with Gasteiger partial charge in [0.15, 0.2) is 0 Å². The summed E-state index contributed by atoms with van der Waals surface area (Å²) >= 11 is 0. The molecule has 0 bridgehead atoms. The van der Waals surface area contributed by atoms with E-state index in [0.29, 0.717) is 36.0 Å². The molecule has 1 aliphatic heterocycles. The van der Waals surface area contributed by atoms with Crippen LogP contribution >= 0.6 is 0 Å². The molecular weight excluding hydrogens is 383 g/mol. The van der Waals surface area contributed by atoms with E-state index in [1.54, 1.807) is 4.68 Å². The first-order valence-corrected chi connectivity index (χ1v) is 10.0. The Morgan fingerprint density at radius 1 is 1.10 bits per heavy atom. The van der Waals surface area contributed by atoms with Gasteiger partial charge in [0.1, 0.15) is 17.2 Å². The molecule has 2 heterocycles. The first-order valence-electron chi connectivity index (χ1n) is 10.0. The Kier molecular flexibility index (Phi) is 5.61. The van der Waals surface area contributed by atoms with E-state index in [2.05, 4.69) is 17.3 Å². The zero-order chi connectivity index (χ0) is 21.1. The average molecular weight is 406 g/mol. The lowest BCUT2D eigenvalue weighted by atomic mass is 10.00. The molecule has 1 fully saturated rings. The molecule has 1 aliphatic rings. The number of hydrogen-bond donors (Lipinski definition) is 1. The van der Waals surface area contributed by atoms with Crippen molar-refractivity contribution < 1.29 is 14.0 Å². The summed E-state index contributed by atoms with van der Waals surface area (Å²) in [7, 11) is 0. The molecule has 0 spiro atoms. The molecule has 2 aromatic carbocycles. The largest absolute Gasteiger partial charge is 0.338 e. The summed E-state index contributed by atoms with van der Waals surface area (Å²) in [6, 6.07) is 14.5. The van der Waals surface area contributed by atoms with Crippen LogP contribution in [0.2, 0.25) is 0 Å². The van der Waals surface area contributed by atoms with Gasteiger partial charge in [-0.2, -0.15) is 5.10 Å². The van der Waals surface area contributed by atoms with Crippen LogP contribution in [-0.4, -0.2) is 39.6 Å². The Bertz CT molecular complexity index is 1050. The van der Waals surface area contributed by atoms with Crippen LogP contribution in [0.15, 0.2) is 60.8 Å². The fourth-order valence-electron chi connectivity index (χ4n) is 3.72. The minimum atomic E-state index is -0.436. The molecule has 0 aliphatic carbocycles. The summed E-state index contributed by atoms with van der Waals surface area (Å²) in [5.41, 5.74) is 1.35. The topological polar surface area (TPSA) is 67.2 Å². The van der Waals surface area contributed by atoms with Crippen LogP contribution in [0, 0.1) is 11.7 Å². The van der Waals surface area contributed by atoms with Crippen molar-refractivity contribution in [2.24, 2.45) is 5.92 Å². The summed E-state index contributed by atoms with van der Waals surface area (Å²) < 4.78 is 14.8. The first kappa shape index (κ1) is 19.8. The lowest BCUT2D eigenvalue weighted by Gasteiger charge is -2.30. The zero-order valence-electron chi connectivity index (χ0n) is 16.7. The van der Waals surface area contributed by atoms with Crippen molar-refractivity contribution in [3.8, 4) is 5.69 Å². The second-order valence-corrected chi connectivity index (χ2v) is 7.61. The number of piperidine rings is 1. The quantitative estimate of drug-likeness (QED) is 0.708. The molecule has 0 radical (unpaired) electrons. The van der Waals surface area contributed by atoms with Gasteiger partial charge in [-0.15, -0.1) is 0 Å². The fraction of sp³-hybridized carbons (Fsp3) is 0.261.